The van der Waals surface area contributed by atoms with E-state index in [4.69, 9.17) is 16.7 Å². The van der Waals surface area contributed by atoms with Crippen molar-refractivity contribution in [2.45, 2.75) is 18.9 Å². The Balaban J connectivity index is 1.76. The number of aliphatic hydroxyl groups excluding tert-OH is 1. The van der Waals surface area contributed by atoms with Crippen LogP contribution >= 0.6 is 11.6 Å². The smallest absolute Gasteiger partial charge is 0.110 e. The number of fused-ring (bicyclic) bond motifs is 1. The van der Waals surface area contributed by atoms with E-state index in [2.05, 4.69) is 16.0 Å². The molecule has 0 spiro atoms. The minimum atomic E-state index is 0.265. The van der Waals surface area contributed by atoms with Gasteiger partial charge in [-0.3, -0.25) is 4.90 Å². The molecular formula is C14H17ClN2O. The van der Waals surface area contributed by atoms with E-state index in [1.54, 1.807) is 0 Å². The Bertz CT molecular complexity index is 550. The van der Waals surface area contributed by atoms with E-state index in [1.165, 1.54) is 10.9 Å². The molecule has 1 aromatic carbocycles. The first kappa shape index (κ1) is 12.0. The maximum absolute atomic E-state index is 9.17. The summed E-state index contributed by atoms with van der Waals surface area (Å²) in [5, 5.41) is 11.1. The summed E-state index contributed by atoms with van der Waals surface area (Å²) in [6.45, 7) is 2.32. The van der Waals surface area contributed by atoms with E-state index in [1.807, 2.05) is 18.2 Å². The third kappa shape index (κ3) is 2.03. The summed E-state index contributed by atoms with van der Waals surface area (Å²) in [7, 11) is 0. The van der Waals surface area contributed by atoms with Crippen LogP contribution in [0.25, 0.3) is 10.9 Å². The molecule has 4 heteroatoms. The Morgan fingerprint density at radius 1 is 1.39 bits per heavy atom. The number of nitrogens with one attached hydrogen (secondary N) is 1. The van der Waals surface area contributed by atoms with Crippen LogP contribution in [0, 0.1) is 0 Å². The second-order valence-corrected chi connectivity index (χ2v) is 5.25. The quantitative estimate of drug-likeness (QED) is 0.890. The van der Waals surface area contributed by atoms with Crippen LogP contribution in [0.15, 0.2) is 24.3 Å². The van der Waals surface area contributed by atoms with Crippen molar-refractivity contribution in [3.63, 3.8) is 0 Å². The Morgan fingerprint density at radius 3 is 2.94 bits per heavy atom. The van der Waals surface area contributed by atoms with Crippen LogP contribution in [0.5, 0.6) is 0 Å². The van der Waals surface area contributed by atoms with E-state index in [9.17, 15) is 0 Å². The van der Waals surface area contributed by atoms with Gasteiger partial charge in [-0.15, -0.1) is 0 Å². The van der Waals surface area contributed by atoms with Gasteiger partial charge in [0.15, 0.2) is 0 Å². The highest BCUT2D eigenvalue weighted by molar-refractivity contribution is 6.31. The molecule has 0 amide bonds. The molecule has 1 aliphatic rings. The van der Waals surface area contributed by atoms with Crippen molar-refractivity contribution in [2.24, 2.45) is 0 Å². The highest BCUT2D eigenvalue weighted by Crippen LogP contribution is 2.27. The number of nitrogens with zero attached hydrogens (tertiary/aromatic N) is 1. The van der Waals surface area contributed by atoms with E-state index < -0.39 is 0 Å². The standard InChI is InChI=1S/C14H17ClN2O/c15-14-12(6-8-17-7-5-10(17)9-18)11-3-1-2-4-13(11)16-14/h1-4,10,16,18H,5-9H2. The minimum absolute atomic E-state index is 0.265. The lowest BCUT2D eigenvalue weighted by atomic mass is 10.0. The van der Waals surface area contributed by atoms with E-state index in [-0.39, 0.29) is 6.61 Å². The van der Waals surface area contributed by atoms with Gasteiger partial charge in [-0.2, -0.15) is 0 Å². The van der Waals surface area contributed by atoms with Gasteiger partial charge in [0, 0.05) is 30.0 Å². The van der Waals surface area contributed by atoms with Crippen LogP contribution in [0.1, 0.15) is 12.0 Å². The van der Waals surface area contributed by atoms with Crippen molar-refractivity contribution < 1.29 is 5.11 Å². The zero-order chi connectivity index (χ0) is 12.5. The number of H-pyrrole nitrogens is 1. The van der Waals surface area contributed by atoms with E-state index in [0.29, 0.717) is 6.04 Å². The number of likely N-dealkylation sites (tertiary alicyclic amines) is 1. The molecule has 18 heavy (non-hydrogen) atoms. The molecule has 96 valence electrons. The molecule has 1 saturated heterocycles. The molecule has 1 aromatic heterocycles. The van der Waals surface area contributed by atoms with Crippen LogP contribution in [-0.4, -0.2) is 40.7 Å². The zero-order valence-corrected chi connectivity index (χ0v) is 11.0. The Morgan fingerprint density at radius 2 is 2.22 bits per heavy atom. The Hall–Kier alpha value is -1.03. The topological polar surface area (TPSA) is 39.3 Å². The summed E-state index contributed by atoms with van der Waals surface area (Å²) in [6.07, 6.45) is 2.04. The summed E-state index contributed by atoms with van der Waals surface area (Å²) >= 11 is 6.26. The highest BCUT2D eigenvalue weighted by atomic mass is 35.5. The molecule has 1 unspecified atom stereocenters. The molecule has 2 N–H and O–H groups in total. The van der Waals surface area contributed by atoms with Crippen molar-refractivity contribution in [3.8, 4) is 0 Å². The number of halogens is 1. The van der Waals surface area contributed by atoms with E-state index >= 15 is 0 Å². The van der Waals surface area contributed by atoms with Crippen LogP contribution in [0.2, 0.25) is 5.15 Å². The van der Waals surface area contributed by atoms with Crippen LogP contribution in [-0.2, 0) is 6.42 Å². The minimum Gasteiger partial charge on any atom is -0.395 e. The van der Waals surface area contributed by atoms with Crippen LogP contribution < -0.4 is 0 Å². The van der Waals surface area contributed by atoms with Crippen molar-refractivity contribution in [1.82, 2.24) is 9.88 Å². The summed E-state index contributed by atoms with van der Waals surface area (Å²) in [4.78, 5) is 5.53. The molecule has 0 bridgehead atoms. The van der Waals surface area contributed by atoms with Gasteiger partial charge in [-0.1, -0.05) is 29.8 Å². The average Bonchev–Trinajstić information content (AvgIpc) is 2.65. The van der Waals surface area contributed by atoms with Crippen molar-refractivity contribution in [1.29, 1.82) is 0 Å². The van der Waals surface area contributed by atoms with Gasteiger partial charge in [0.2, 0.25) is 0 Å². The monoisotopic (exact) mass is 264 g/mol. The molecule has 2 aromatic rings. The number of aromatic amines is 1. The fraction of sp³-hybridized carbons (Fsp3) is 0.429. The number of hydrogen-bond acceptors (Lipinski definition) is 2. The molecule has 3 nitrogen and oxygen atoms in total. The van der Waals surface area contributed by atoms with E-state index in [0.717, 1.165) is 36.6 Å². The van der Waals surface area contributed by atoms with Gasteiger partial charge >= 0.3 is 0 Å². The second-order valence-electron chi connectivity index (χ2n) is 4.87. The van der Waals surface area contributed by atoms with Gasteiger partial charge in [0.05, 0.1) is 6.61 Å². The Kier molecular flexibility index (Phi) is 3.29. The second kappa shape index (κ2) is 4.92. The number of aliphatic hydroxyl groups is 1. The summed E-state index contributed by atoms with van der Waals surface area (Å²) < 4.78 is 0. The van der Waals surface area contributed by atoms with Gasteiger partial charge in [-0.25, -0.2) is 0 Å². The molecule has 0 saturated carbocycles. The lowest BCUT2D eigenvalue weighted by Crippen LogP contribution is -2.50. The third-order valence-electron chi connectivity index (χ3n) is 3.89. The largest absolute Gasteiger partial charge is 0.395 e. The van der Waals surface area contributed by atoms with Crippen molar-refractivity contribution >= 4 is 22.5 Å². The highest BCUT2D eigenvalue weighted by Gasteiger charge is 2.26. The summed E-state index contributed by atoms with van der Waals surface area (Å²) in [6, 6.07) is 8.55. The van der Waals surface area contributed by atoms with Gasteiger partial charge in [0.25, 0.3) is 0 Å². The van der Waals surface area contributed by atoms with Gasteiger partial charge < -0.3 is 10.1 Å². The molecule has 1 aliphatic heterocycles. The molecule has 1 fully saturated rings. The average molecular weight is 265 g/mol. The van der Waals surface area contributed by atoms with Gasteiger partial charge in [0.1, 0.15) is 5.15 Å². The summed E-state index contributed by atoms with van der Waals surface area (Å²) in [5.74, 6) is 0. The molecule has 1 atom stereocenters. The SMILES string of the molecule is OCC1CCN1CCc1c(Cl)[nH]c2ccccc12. The zero-order valence-electron chi connectivity index (χ0n) is 10.2. The normalized spacial score (nSPS) is 20.2. The van der Waals surface area contributed by atoms with Crippen molar-refractivity contribution in [2.75, 3.05) is 19.7 Å². The number of hydrogen-bond donors (Lipinski definition) is 2. The maximum Gasteiger partial charge on any atom is 0.110 e. The van der Waals surface area contributed by atoms with Crippen LogP contribution in [0.3, 0.4) is 0 Å². The molecular weight excluding hydrogens is 248 g/mol. The molecule has 2 heterocycles. The number of benzene rings is 1. The maximum atomic E-state index is 9.17. The summed E-state index contributed by atoms with van der Waals surface area (Å²) in [5.41, 5.74) is 2.29. The Labute approximate surface area is 111 Å². The molecule has 3 rings (SSSR count). The lowest BCUT2D eigenvalue weighted by molar-refractivity contribution is 0.0437. The predicted molar refractivity (Wildman–Crippen MR) is 74.1 cm³/mol. The lowest BCUT2D eigenvalue weighted by Gasteiger charge is -2.39. The fourth-order valence-corrected chi connectivity index (χ4v) is 2.96. The van der Waals surface area contributed by atoms with Gasteiger partial charge in [-0.05, 0) is 24.5 Å². The van der Waals surface area contributed by atoms with Crippen LogP contribution in [0.4, 0.5) is 0 Å². The number of aromatic nitrogens is 1. The first-order valence-corrected chi connectivity index (χ1v) is 6.77. The number of para-hydroxylation sites is 1. The molecule has 0 radical (unpaired) electrons. The molecule has 0 aliphatic carbocycles. The number of rotatable bonds is 4. The third-order valence-corrected chi connectivity index (χ3v) is 4.21. The fourth-order valence-electron chi connectivity index (χ4n) is 2.66. The first-order chi connectivity index (χ1) is 8.79. The first-order valence-electron chi connectivity index (χ1n) is 6.39. The van der Waals surface area contributed by atoms with Crippen molar-refractivity contribution in [3.05, 3.63) is 35.0 Å². The predicted octanol–water partition coefficient (Wildman–Crippen LogP) is 2.43.